The third-order valence-corrected chi connectivity index (χ3v) is 5.76. The van der Waals surface area contributed by atoms with Crippen molar-refractivity contribution in [2.24, 2.45) is 0 Å². The number of nitrogens with zero attached hydrogens (tertiary/aromatic N) is 3. The minimum atomic E-state index is -0.331. The molecule has 0 radical (unpaired) electrons. The van der Waals surface area contributed by atoms with Gasteiger partial charge >= 0.3 is 0 Å². The van der Waals surface area contributed by atoms with Crippen LogP contribution in [0.15, 0.2) is 47.3 Å². The van der Waals surface area contributed by atoms with Gasteiger partial charge in [-0.1, -0.05) is 17.7 Å². The number of fused-ring (bicyclic) bond motifs is 1. The van der Waals surface area contributed by atoms with Gasteiger partial charge in [-0.15, -0.1) is 0 Å². The van der Waals surface area contributed by atoms with Crippen LogP contribution in [0.4, 0.5) is 5.69 Å². The topological polar surface area (TPSA) is 84.7 Å². The smallest absolute Gasteiger partial charge is 0.257 e. The highest BCUT2D eigenvalue weighted by Gasteiger charge is 2.26. The molecule has 0 aliphatic carbocycles. The fraction of sp³-hybridized carbons (Fsp3) is 0.292. The minimum absolute atomic E-state index is 0.173. The van der Waals surface area contributed by atoms with E-state index in [9.17, 15) is 14.7 Å². The van der Waals surface area contributed by atoms with Crippen LogP contribution in [0.2, 0.25) is 5.02 Å². The predicted molar refractivity (Wildman–Crippen MR) is 123 cm³/mol. The number of aliphatic hydroxyl groups is 1. The van der Waals surface area contributed by atoms with E-state index in [1.165, 1.54) is 4.57 Å². The Labute approximate surface area is 190 Å². The Hall–Kier alpha value is -3.16. The van der Waals surface area contributed by atoms with Crippen LogP contribution >= 0.6 is 11.6 Å². The second-order valence-electron chi connectivity index (χ2n) is 7.74. The third kappa shape index (κ3) is 4.26. The molecule has 0 bridgehead atoms. The Kier molecular flexibility index (Phi) is 6.30. The molecule has 1 amide bonds. The number of hydrogen-bond donors (Lipinski definition) is 1. The lowest BCUT2D eigenvalue weighted by Crippen LogP contribution is -2.42. The molecule has 1 aliphatic rings. The lowest BCUT2D eigenvalue weighted by Gasteiger charge is -2.30. The van der Waals surface area contributed by atoms with Crippen molar-refractivity contribution in [1.82, 2.24) is 9.55 Å². The molecule has 7 nitrogen and oxygen atoms in total. The van der Waals surface area contributed by atoms with E-state index in [1.807, 2.05) is 25.1 Å². The number of ether oxygens (including phenoxy) is 1. The summed E-state index contributed by atoms with van der Waals surface area (Å²) < 4.78 is 7.07. The third-order valence-electron chi connectivity index (χ3n) is 5.51. The van der Waals surface area contributed by atoms with Gasteiger partial charge in [0.1, 0.15) is 24.7 Å². The average molecular weight is 454 g/mol. The Bertz CT molecular complexity index is 1220. The summed E-state index contributed by atoms with van der Waals surface area (Å²) in [4.78, 5) is 33.0. The zero-order valence-corrected chi connectivity index (χ0v) is 18.7. The number of benzene rings is 2. The number of rotatable bonds is 5. The number of carbonyl (C=O) groups is 1. The number of hydrogen-bond acceptors (Lipinski definition) is 5. The summed E-state index contributed by atoms with van der Waals surface area (Å²) in [6.07, 6.45) is 0.173. The zero-order chi connectivity index (χ0) is 22.8. The van der Waals surface area contributed by atoms with Crippen LogP contribution in [-0.4, -0.2) is 40.3 Å². The molecular formula is C24H24ClN3O4. The van der Waals surface area contributed by atoms with Crippen molar-refractivity contribution in [1.29, 1.82) is 0 Å². The monoisotopic (exact) mass is 453 g/mol. The van der Waals surface area contributed by atoms with Crippen LogP contribution < -0.4 is 15.2 Å². The molecule has 1 N–H and O–H groups in total. The maximum absolute atomic E-state index is 13.4. The molecule has 8 heteroatoms. The highest BCUT2D eigenvalue weighted by atomic mass is 35.5. The SMILES string of the molecule is Cc1ccc2c(c1)N(C(=O)Cn1c(-c3ccc(Cl)cc3)nc(C)c(CCO)c1=O)CCO2. The Morgan fingerprint density at radius 1 is 1.19 bits per heavy atom. The van der Waals surface area contributed by atoms with E-state index in [4.69, 9.17) is 16.3 Å². The first kappa shape index (κ1) is 22.0. The molecule has 0 spiro atoms. The fourth-order valence-electron chi connectivity index (χ4n) is 3.87. The van der Waals surface area contributed by atoms with Crippen molar-refractivity contribution in [2.45, 2.75) is 26.8 Å². The lowest BCUT2D eigenvalue weighted by atomic mass is 10.1. The molecule has 0 unspecified atom stereocenters. The van der Waals surface area contributed by atoms with Crippen molar-refractivity contribution < 1.29 is 14.6 Å². The van der Waals surface area contributed by atoms with Crippen LogP contribution in [0.25, 0.3) is 11.4 Å². The normalized spacial score (nSPS) is 12.9. The molecule has 0 saturated carbocycles. The van der Waals surface area contributed by atoms with Crippen molar-refractivity contribution in [3.05, 3.63) is 74.7 Å². The number of aryl methyl sites for hydroxylation is 2. The molecule has 0 atom stereocenters. The largest absolute Gasteiger partial charge is 0.490 e. The highest BCUT2D eigenvalue weighted by molar-refractivity contribution is 6.30. The molecular weight excluding hydrogens is 430 g/mol. The van der Waals surface area contributed by atoms with Crippen molar-refractivity contribution >= 4 is 23.2 Å². The second-order valence-corrected chi connectivity index (χ2v) is 8.17. The molecule has 4 rings (SSSR count). The second kappa shape index (κ2) is 9.14. The van der Waals surface area contributed by atoms with Gasteiger partial charge in [-0.3, -0.25) is 14.2 Å². The molecule has 1 aliphatic heterocycles. The van der Waals surface area contributed by atoms with E-state index in [2.05, 4.69) is 4.98 Å². The number of halogens is 1. The quantitative estimate of drug-likeness (QED) is 0.641. The van der Waals surface area contributed by atoms with Gasteiger partial charge in [0.2, 0.25) is 5.91 Å². The molecule has 0 saturated heterocycles. The summed E-state index contributed by atoms with van der Waals surface area (Å²) in [6.45, 7) is 4.09. The number of aliphatic hydroxyl groups excluding tert-OH is 1. The standard InChI is InChI=1S/C24H24ClN3O4/c1-15-3-8-21-20(13-15)27(10-12-32-21)22(30)14-28-23(17-4-6-18(25)7-5-17)26-16(2)19(9-11-29)24(28)31/h3-8,13,29H,9-12,14H2,1-2H3. The molecule has 2 aromatic carbocycles. The minimum Gasteiger partial charge on any atom is -0.490 e. The van der Waals surface area contributed by atoms with Crippen LogP contribution in [0.3, 0.4) is 0 Å². The molecule has 0 fully saturated rings. The maximum Gasteiger partial charge on any atom is 0.257 e. The van der Waals surface area contributed by atoms with Crippen LogP contribution in [0.1, 0.15) is 16.8 Å². The average Bonchev–Trinajstić information content (AvgIpc) is 2.78. The van der Waals surface area contributed by atoms with Crippen molar-refractivity contribution in [3.8, 4) is 17.1 Å². The van der Waals surface area contributed by atoms with Gasteiger partial charge in [-0.2, -0.15) is 0 Å². The maximum atomic E-state index is 13.4. The van der Waals surface area contributed by atoms with E-state index in [0.717, 1.165) is 5.56 Å². The first-order valence-electron chi connectivity index (χ1n) is 10.4. The number of anilines is 1. The van der Waals surface area contributed by atoms with E-state index in [-0.39, 0.29) is 31.0 Å². The summed E-state index contributed by atoms with van der Waals surface area (Å²) in [5.41, 5.74) is 2.98. The Morgan fingerprint density at radius 2 is 1.94 bits per heavy atom. The van der Waals surface area contributed by atoms with Gasteiger partial charge < -0.3 is 14.7 Å². The van der Waals surface area contributed by atoms with Crippen LogP contribution in [0.5, 0.6) is 5.75 Å². The molecule has 3 aromatic rings. The molecule has 1 aromatic heterocycles. The van der Waals surface area contributed by atoms with E-state index >= 15 is 0 Å². The van der Waals surface area contributed by atoms with E-state index in [0.29, 0.717) is 52.3 Å². The number of aromatic nitrogens is 2. The fourth-order valence-corrected chi connectivity index (χ4v) is 4.00. The van der Waals surface area contributed by atoms with E-state index in [1.54, 1.807) is 36.1 Å². The molecule has 2 heterocycles. The lowest BCUT2D eigenvalue weighted by molar-refractivity contribution is -0.119. The highest BCUT2D eigenvalue weighted by Crippen LogP contribution is 2.32. The Balaban J connectivity index is 1.78. The van der Waals surface area contributed by atoms with Crippen molar-refractivity contribution in [3.63, 3.8) is 0 Å². The first-order chi connectivity index (χ1) is 15.4. The first-order valence-corrected chi connectivity index (χ1v) is 10.8. The summed E-state index contributed by atoms with van der Waals surface area (Å²) >= 11 is 6.03. The number of carbonyl (C=O) groups excluding carboxylic acids is 1. The summed E-state index contributed by atoms with van der Waals surface area (Å²) in [5, 5.41) is 9.98. The summed E-state index contributed by atoms with van der Waals surface area (Å²) in [6, 6.07) is 12.6. The van der Waals surface area contributed by atoms with E-state index < -0.39 is 0 Å². The summed E-state index contributed by atoms with van der Waals surface area (Å²) in [7, 11) is 0. The predicted octanol–water partition coefficient (Wildman–Crippen LogP) is 3.14. The van der Waals surface area contributed by atoms with Gasteiger partial charge in [0.25, 0.3) is 5.56 Å². The summed E-state index contributed by atoms with van der Waals surface area (Å²) in [5.74, 6) is 0.790. The van der Waals surface area contributed by atoms with Crippen LogP contribution in [-0.2, 0) is 17.8 Å². The zero-order valence-electron chi connectivity index (χ0n) is 18.0. The number of amides is 1. The van der Waals surface area contributed by atoms with Crippen molar-refractivity contribution in [2.75, 3.05) is 24.7 Å². The van der Waals surface area contributed by atoms with Crippen LogP contribution in [0, 0.1) is 13.8 Å². The van der Waals surface area contributed by atoms with Gasteiger partial charge in [-0.05, 0) is 55.8 Å². The van der Waals surface area contributed by atoms with Gasteiger partial charge in [-0.25, -0.2) is 4.98 Å². The van der Waals surface area contributed by atoms with Gasteiger partial charge in [0.15, 0.2) is 0 Å². The molecule has 32 heavy (non-hydrogen) atoms. The Morgan fingerprint density at radius 3 is 2.66 bits per heavy atom. The van der Waals surface area contributed by atoms with Gasteiger partial charge in [0.05, 0.1) is 12.2 Å². The van der Waals surface area contributed by atoms with Gasteiger partial charge in [0, 0.05) is 34.9 Å². The molecule has 166 valence electrons.